The molecule has 1 aromatic rings. The van der Waals surface area contributed by atoms with Crippen LogP contribution in [-0.2, 0) is 0 Å². The van der Waals surface area contributed by atoms with E-state index in [2.05, 4.69) is 0 Å². The Kier molecular flexibility index (Phi) is 3.33. The quantitative estimate of drug-likeness (QED) is 0.296. The molecule has 0 radical (unpaired) electrons. The predicted molar refractivity (Wildman–Crippen MR) is 108 cm³/mol. The summed E-state index contributed by atoms with van der Waals surface area (Å²) in [6.45, 7) is 0. The second-order valence-corrected chi connectivity index (χ2v) is 11.2. The Bertz CT molecular complexity index is 835. The zero-order valence-corrected chi connectivity index (χ0v) is 17.7. The molecule has 0 spiro atoms. The highest BCUT2D eigenvalue weighted by Crippen LogP contribution is 2.73. The molecule has 6 heteroatoms. The molecule has 2 aliphatic heterocycles. The molecule has 0 amide bonds. The van der Waals surface area contributed by atoms with Gasteiger partial charge in [-0.1, -0.05) is 46.4 Å². The van der Waals surface area contributed by atoms with Crippen molar-refractivity contribution in [3.05, 3.63) is 31.2 Å². The van der Waals surface area contributed by atoms with E-state index in [-0.39, 0.29) is 0 Å². The van der Waals surface area contributed by atoms with E-state index in [1.165, 1.54) is 36.8 Å². The number of azo groups is 1. The van der Waals surface area contributed by atoms with Crippen molar-refractivity contribution >= 4 is 46.4 Å². The van der Waals surface area contributed by atoms with Crippen molar-refractivity contribution in [2.75, 3.05) is 0 Å². The molecule has 9 rings (SSSR count). The van der Waals surface area contributed by atoms with E-state index >= 15 is 0 Å². The molecular weight excluding hydrogens is 422 g/mol. The molecule has 1 aromatic carbocycles. The molecular formula is C21H20Cl4N2. The van der Waals surface area contributed by atoms with E-state index in [0.717, 1.165) is 30.1 Å². The van der Waals surface area contributed by atoms with Crippen LogP contribution >= 0.6 is 46.4 Å². The average Bonchev–Trinajstić information content (AvgIpc) is 3.30. The summed E-state index contributed by atoms with van der Waals surface area (Å²) in [5.74, 6) is 5.19. The first-order chi connectivity index (χ1) is 13.1. The Balaban J connectivity index is 1.42. The summed E-state index contributed by atoms with van der Waals surface area (Å²) in [6.07, 6.45) is 6.73. The van der Waals surface area contributed by atoms with Crippen molar-refractivity contribution in [2.24, 2.45) is 45.7 Å². The molecule has 6 aliphatic carbocycles. The molecule has 8 aliphatic rings. The molecule has 142 valence electrons. The summed E-state index contributed by atoms with van der Waals surface area (Å²) in [5, 5.41) is 11.9. The Labute approximate surface area is 179 Å². The largest absolute Gasteiger partial charge is 0.190 e. The standard InChI is InChI=1S/C21H20Cl4N2/c22-16-12-8-5-9(13(12)17(23)19(25)18(16)24)15-14(8)20-10-6-1-2-7(4-3-6)11(10)21(15)27-26-20/h6-11,14-15,20-21H,1-5H2/t6?,7?,8-,9+,10-,11+,14+,15-,20-,21+. The minimum absolute atomic E-state index is 0.380. The Morgan fingerprint density at radius 3 is 1.37 bits per heavy atom. The van der Waals surface area contributed by atoms with E-state index < -0.39 is 0 Å². The summed E-state index contributed by atoms with van der Waals surface area (Å²) >= 11 is 26.3. The van der Waals surface area contributed by atoms with Crippen molar-refractivity contribution in [1.82, 2.24) is 0 Å². The van der Waals surface area contributed by atoms with Crippen LogP contribution in [-0.4, -0.2) is 12.1 Å². The van der Waals surface area contributed by atoms with Crippen molar-refractivity contribution in [1.29, 1.82) is 0 Å². The maximum absolute atomic E-state index is 6.71. The SMILES string of the molecule is Clc1c(Cl)c(Cl)c2c(c1Cl)[C@H]1C[C@@H]2[C@H]2[C@H]3N=N[C@H]([C@@H]4C5CCC(CC5)[C@H]34)[C@H]21. The van der Waals surface area contributed by atoms with Crippen LogP contribution in [0.25, 0.3) is 0 Å². The van der Waals surface area contributed by atoms with E-state index in [4.69, 9.17) is 56.6 Å². The molecule has 5 fully saturated rings. The number of nitrogens with zero attached hydrogens (tertiary/aromatic N) is 2. The van der Waals surface area contributed by atoms with E-state index in [1.54, 1.807) is 0 Å². The molecule has 27 heavy (non-hydrogen) atoms. The normalized spacial score (nSPS) is 50.1. The third-order valence-corrected chi connectivity index (χ3v) is 11.1. The number of fused-ring (bicyclic) bond motifs is 7. The molecule has 0 aromatic heterocycles. The Hall–Kier alpha value is -0.0200. The molecule has 0 unspecified atom stereocenters. The minimum atomic E-state index is 0.380. The third-order valence-electron chi connectivity index (χ3n) is 9.22. The summed E-state index contributed by atoms with van der Waals surface area (Å²) in [6, 6.07) is 0.760. The molecule has 6 bridgehead atoms. The maximum atomic E-state index is 6.71. The highest BCUT2D eigenvalue weighted by molar-refractivity contribution is 6.52. The number of benzene rings is 1. The summed E-state index contributed by atoms with van der Waals surface area (Å²) in [4.78, 5) is 0. The van der Waals surface area contributed by atoms with Gasteiger partial charge < -0.3 is 0 Å². The van der Waals surface area contributed by atoms with Gasteiger partial charge in [0, 0.05) is 0 Å². The lowest BCUT2D eigenvalue weighted by Crippen LogP contribution is -2.62. The average molecular weight is 442 g/mol. The fourth-order valence-electron chi connectivity index (χ4n) is 8.60. The maximum Gasteiger partial charge on any atom is 0.0796 e. The van der Waals surface area contributed by atoms with Crippen molar-refractivity contribution in [3.63, 3.8) is 0 Å². The monoisotopic (exact) mass is 440 g/mol. The van der Waals surface area contributed by atoms with Crippen molar-refractivity contribution < 1.29 is 0 Å². The van der Waals surface area contributed by atoms with Gasteiger partial charge in [0.05, 0.1) is 32.2 Å². The Morgan fingerprint density at radius 2 is 0.963 bits per heavy atom. The third kappa shape index (κ3) is 1.80. The van der Waals surface area contributed by atoms with Gasteiger partial charge >= 0.3 is 0 Å². The van der Waals surface area contributed by atoms with E-state index in [0.29, 0.717) is 55.8 Å². The topological polar surface area (TPSA) is 24.7 Å². The zero-order chi connectivity index (χ0) is 18.2. The highest BCUT2D eigenvalue weighted by atomic mass is 35.5. The van der Waals surface area contributed by atoms with Gasteiger partial charge in [-0.15, -0.1) is 0 Å². The fraction of sp³-hybridized carbons (Fsp3) is 0.714. The first-order valence-electron chi connectivity index (χ1n) is 10.3. The first-order valence-corrected chi connectivity index (χ1v) is 11.8. The zero-order valence-electron chi connectivity index (χ0n) is 14.7. The van der Waals surface area contributed by atoms with Crippen LogP contribution in [0.1, 0.15) is 55.1 Å². The molecule has 5 saturated carbocycles. The second-order valence-electron chi connectivity index (χ2n) is 9.73. The van der Waals surface area contributed by atoms with E-state index in [1.807, 2.05) is 0 Å². The fourth-order valence-corrected chi connectivity index (χ4v) is 9.76. The summed E-state index contributed by atoms with van der Waals surface area (Å²) in [7, 11) is 0. The number of hydrogen-bond acceptors (Lipinski definition) is 2. The number of halogens is 4. The van der Waals surface area contributed by atoms with Gasteiger partial charge in [-0.25, -0.2) is 0 Å². The van der Waals surface area contributed by atoms with Crippen LogP contribution in [0.5, 0.6) is 0 Å². The van der Waals surface area contributed by atoms with Crippen LogP contribution in [0.2, 0.25) is 20.1 Å². The molecule has 8 atom stereocenters. The number of rotatable bonds is 0. The van der Waals surface area contributed by atoms with Crippen molar-refractivity contribution in [3.8, 4) is 0 Å². The van der Waals surface area contributed by atoms with Gasteiger partial charge in [0.2, 0.25) is 0 Å². The van der Waals surface area contributed by atoms with Gasteiger partial charge in [0.15, 0.2) is 0 Å². The minimum Gasteiger partial charge on any atom is -0.190 e. The lowest BCUT2D eigenvalue weighted by atomic mass is 9.46. The molecule has 2 nitrogen and oxygen atoms in total. The highest BCUT2D eigenvalue weighted by Gasteiger charge is 2.68. The second kappa shape index (κ2) is 5.36. The summed E-state index contributed by atoms with van der Waals surface area (Å²) in [5.41, 5.74) is 2.37. The van der Waals surface area contributed by atoms with Gasteiger partial charge in [-0.2, -0.15) is 10.2 Å². The predicted octanol–water partition coefficient (Wildman–Crippen LogP) is 7.39. The van der Waals surface area contributed by atoms with Crippen LogP contribution in [0.15, 0.2) is 10.2 Å². The molecule has 0 saturated heterocycles. The van der Waals surface area contributed by atoms with Gasteiger partial charge in [-0.3, -0.25) is 0 Å². The van der Waals surface area contributed by atoms with E-state index in [9.17, 15) is 0 Å². The van der Waals surface area contributed by atoms with Crippen LogP contribution in [0, 0.1) is 35.5 Å². The van der Waals surface area contributed by atoms with Crippen LogP contribution < -0.4 is 0 Å². The Morgan fingerprint density at radius 1 is 0.556 bits per heavy atom. The van der Waals surface area contributed by atoms with Crippen molar-refractivity contribution in [2.45, 2.75) is 56.0 Å². The summed E-state index contributed by atoms with van der Waals surface area (Å²) < 4.78 is 0. The first kappa shape index (κ1) is 16.7. The van der Waals surface area contributed by atoms with Gasteiger partial charge in [0.25, 0.3) is 0 Å². The lowest BCUT2D eigenvalue weighted by Gasteiger charge is -2.61. The molecule has 0 N–H and O–H groups in total. The smallest absolute Gasteiger partial charge is 0.0796 e. The van der Waals surface area contributed by atoms with Gasteiger partial charge in [-0.05, 0) is 90.6 Å². The van der Waals surface area contributed by atoms with Gasteiger partial charge in [0.1, 0.15) is 0 Å². The molecule has 2 heterocycles. The van der Waals surface area contributed by atoms with Crippen LogP contribution in [0.3, 0.4) is 0 Å². The number of hydrogen-bond donors (Lipinski definition) is 0. The lowest BCUT2D eigenvalue weighted by molar-refractivity contribution is -0.0908. The van der Waals surface area contributed by atoms with Crippen LogP contribution in [0.4, 0.5) is 0 Å².